The Bertz CT molecular complexity index is 807. The molecule has 3 nitrogen and oxygen atoms in total. The molecule has 0 spiro atoms. The molecule has 0 saturated carbocycles. The van der Waals surface area contributed by atoms with E-state index in [0.29, 0.717) is 6.04 Å². The summed E-state index contributed by atoms with van der Waals surface area (Å²) >= 11 is 9.89. The van der Waals surface area contributed by atoms with Crippen molar-refractivity contribution in [1.29, 1.82) is 0 Å². The Morgan fingerprint density at radius 3 is 2.43 bits per heavy atom. The molecule has 0 amide bonds. The van der Waals surface area contributed by atoms with Crippen molar-refractivity contribution >= 4 is 27.5 Å². The largest absolute Gasteiger partial charge is 0.302 e. The number of likely N-dealkylation sites (N-methyl/N-ethyl adjacent to an activating group) is 1. The van der Waals surface area contributed by atoms with Crippen molar-refractivity contribution in [2.75, 3.05) is 39.9 Å². The number of rotatable bonds is 6. The first-order valence-electron chi connectivity index (χ1n) is 11.2. The third-order valence-corrected chi connectivity index (χ3v) is 7.78. The Balaban J connectivity index is 1.21. The van der Waals surface area contributed by atoms with Crippen LogP contribution in [-0.4, -0.2) is 60.6 Å². The van der Waals surface area contributed by atoms with Gasteiger partial charge in [-0.2, -0.15) is 0 Å². The van der Waals surface area contributed by atoms with Gasteiger partial charge in [0.15, 0.2) is 0 Å². The second kappa shape index (κ2) is 10.6. The van der Waals surface area contributed by atoms with E-state index >= 15 is 0 Å². The van der Waals surface area contributed by atoms with Gasteiger partial charge in [-0.3, -0.25) is 9.80 Å². The van der Waals surface area contributed by atoms with Gasteiger partial charge in [-0.15, -0.1) is 0 Å². The number of halogens is 2. The first-order valence-corrected chi connectivity index (χ1v) is 12.4. The highest BCUT2D eigenvalue weighted by molar-refractivity contribution is 9.10. The minimum Gasteiger partial charge on any atom is -0.302 e. The lowest BCUT2D eigenvalue weighted by Gasteiger charge is -2.43. The summed E-state index contributed by atoms with van der Waals surface area (Å²) in [6.45, 7) is 6.98. The molecule has 30 heavy (non-hydrogen) atoms. The van der Waals surface area contributed by atoms with Crippen LogP contribution in [0.5, 0.6) is 0 Å². The maximum atomic E-state index is 6.20. The predicted molar refractivity (Wildman–Crippen MR) is 130 cm³/mol. The summed E-state index contributed by atoms with van der Waals surface area (Å²) in [6.07, 6.45) is 4.97. The fourth-order valence-corrected chi connectivity index (χ4v) is 5.54. The van der Waals surface area contributed by atoms with E-state index in [0.717, 1.165) is 30.6 Å². The minimum atomic E-state index is 0.677. The quantitative estimate of drug-likeness (QED) is 0.528. The van der Waals surface area contributed by atoms with Gasteiger partial charge < -0.3 is 4.90 Å². The molecule has 5 heteroatoms. The average molecular weight is 491 g/mol. The number of nitrogens with zero attached hydrogens (tertiary/aromatic N) is 3. The standard InChI is InChI=1S/C25H33BrClN3/c1-28-19-30(17-21-5-3-2-4-6-21)14-11-24(28)18-29-12-9-20(10-13-29)15-22-16-23(27)7-8-25(22)26/h2-8,16,20,24H,9-15,17-19H2,1H3. The zero-order valence-electron chi connectivity index (χ0n) is 17.9. The Labute approximate surface area is 195 Å². The lowest BCUT2D eigenvalue weighted by Crippen LogP contribution is -2.53. The van der Waals surface area contributed by atoms with Gasteiger partial charge in [0.05, 0.1) is 6.67 Å². The Morgan fingerprint density at radius 1 is 0.967 bits per heavy atom. The van der Waals surface area contributed by atoms with E-state index < -0.39 is 0 Å². The molecule has 2 aromatic carbocycles. The van der Waals surface area contributed by atoms with Crippen LogP contribution in [0.2, 0.25) is 5.02 Å². The molecule has 2 heterocycles. The van der Waals surface area contributed by atoms with Crippen LogP contribution in [-0.2, 0) is 13.0 Å². The number of likely N-dealkylation sites (tertiary alicyclic amines) is 1. The summed E-state index contributed by atoms with van der Waals surface area (Å²) in [4.78, 5) is 7.82. The van der Waals surface area contributed by atoms with Crippen LogP contribution in [0.4, 0.5) is 0 Å². The molecule has 2 aliphatic rings. The molecule has 4 rings (SSSR count). The first-order chi connectivity index (χ1) is 14.6. The topological polar surface area (TPSA) is 9.72 Å². The number of benzene rings is 2. The zero-order valence-corrected chi connectivity index (χ0v) is 20.3. The van der Waals surface area contributed by atoms with Gasteiger partial charge in [-0.1, -0.05) is 57.9 Å². The zero-order chi connectivity index (χ0) is 20.9. The monoisotopic (exact) mass is 489 g/mol. The summed E-state index contributed by atoms with van der Waals surface area (Å²) in [6, 6.07) is 17.7. The highest BCUT2D eigenvalue weighted by Gasteiger charge is 2.28. The van der Waals surface area contributed by atoms with Crippen LogP contribution in [0, 0.1) is 5.92 Å². The normalized spacial score (nSPS) is 22.4. The van der Waals surface area contributed by atoms with E-state index in [2.05, 4.69) is 80.1 Å². The molecule has 0 radical (unpaired) electrons. The van der Waals surface area contributed by atoms with Gasteiger partial charge in [-0.25, -0.2) is 0 Å². The predicted octanol–water partition coefficient (Wildman–Crippen LogP) is 5.52. The van der Waals surface area contributed by atoms with Gasteiger partial charge in [0.2, 0.25) is 0 Å². The van der Waals surface area contributed by atoms with Crippen LogP contribution in [0.25, 0.3) is 0 Å². The van der Waals surface area contributed by atoms with E-state index in [-0.39, 0.29) is 0 Å². The molecule has 0 bridgehead atoms. The lowest BCUT2D eigenvalue weighted by atomic mass is 9.90. The van der Waals surface area contributed by atoms with Crippen molar-refractivity contribution in [3.05, 3.63) is 69.2 Å². The second-order valence-electron chi connectivity index (χ2n) is 9.06. The van der Waals surface area contributed by atoms with Gasteiger partial charge in [-0.05, 0) is 81.1 Å². The van der Waals surface area contributed by atoms with E-state index in [9.17, 15) is 0 Å². The summed E-state index contributed by atoms with van der Waals surface area (Å²) in [5, 5.41) is 0.840. The van der Waals surface area contributed by atoms with Crippen LogP contribution in [0.3, 0.4) is 0 Å². The summed E-state index contributed by atoms with van der Waals surface area (Å²) in [7, 11) is 2.30. The Morgan fingerprint density at radius 2 is 1.70 bits per heavy atom. The van der Waals surface area contributed by atoms with Crippen LogP contribution < -0.4 is 0 Å². The summed E-state index contributed by atoms with van der Waals surface area (Å²) < 4.78 is 1.19. The number of piperidine rings is 1. The lowest BCUT2D eigenvalue weighted by molar-refractivity contribution is 0.0302. The average Bonchev–Trinajstić information content (AvgIpc) is 2.75. The fraction of sp³-hybridized carbons (Fsp3) is 0.520. The molecule has 1 unspecified atom stereocenters. The van der Waals surface area contributed by atoms with E-state index in [1.54, 1.807) is 0 Å². The minimum absolute atomic E-state index is 0.677. The van der Waals surface area contributed by atoms with Gasteiger partial charge >= 0.3 is 0 Å². The van der Waals surface area contributed by atoms with Crippen LogP contribution in [0.1, 0.15) is 30.4 Å². The van der Waals surface area contributed by atoms with Crippen molar-refractivity contribution in [3.8, 4) is 0 Å². The van der Waals surface area contributed by atoms with Crippen molar-refractivity contribution < 1.29 is 0 Å². The summed E-state index contributed by atoms with van der Waals surface area (Å²) in [5.41, 5.74) is 2.77. The maximum Gasteiger partial charge on any atom is 0.0509 e. The molecule has 0 aromatic heterocycles. The molecule has 162 valence electrons. The molecular weight excluding hydrogens is 458 g/mol. The molecule has 0 N–H and O–H groups in total. The van der Waals surface area contributed by atoms with Crippen molar-refractivity contribution in [1.82, 2.24) is 14.7 Å². The summed E-state index contributed by atoms with van der Waals surface area (Å²) in [5.74, 6) is 0.765. The molecule has 0 aliphatic carbocycles. The van der Waals surface area contributed by atoms with E-state index in [1.165, 1.54) is 61.0 Å². The molecular formula is C25H33BrClN3. The van der Waals surface area contributed by atoms with Crippen LogP contribution >= 0.6 is 27.5 Å². The number of hydrogen-bond acceptors (Lipinski definition) is 3. The van der Waals surface area contributed by atoms with Gasteiger partial charge in [0.25, 0.3) is 0 Å². The molecule has 2 aromatic rings. The SMILES string of the molecule is CN1CN(Cc2ccccc2)CCC1CN1CCC(Cc2cc(Cl)ccc2Br)CC1. The molecule has 2 saturated heterocycles. The van der Waals surface area contributed by atoms with Gasteiger partial charge in [0, 0.05) is 35.2 Å². The smallest absolute Gasteiger partial charge is 0.0509 e. The third-order valence-electron chi connectivity index (χ3n) is 6.77. The van der Waals surface area contributed by atoms with Crippen molar-refractivity contribution in [3.63, 3.8) is 0 Å². The Hall–Kier alpha value is -0.910. The van der Waals surface area contributed by atoms with E-state index in [4.69, 9.17) is 11.6 Å². The van der Waals surface area contributed by atoms with E-state index in [1.807, 2.05) is 6.07 Å². The van der Waals surface area contributed by atoms with Crippen molar-refractivity contribution in [2.45, 2.75) is 38.3 Å². The number of hydrogen-bond donors (Lipinski definition) is 0. The molecule has 2 fully saturated rings. The molecule has 1 atom stereocenters. The Kier molecular flexibility index (Phi) is 7.88. The first kappa shape index (κ1) is 22.3. The third kappa shape index (κ3) is 6.08. The molecule has 2 aliphatic heterocycles. The van der Waals surface area contributed by atoms with Crippen molar-refractivity contribution in [2.24, 2.45) is 5.92 Å². The van der Waals surface area contributed by atoms with Crippen LogP contribution in [0.15, 0.2) is 53.0 Å². The second-order valence-corrected chi connectivity index (χ2v) is 10.4. The highest BCUT2D eigenvalue weighted by atomic mass is 79.9. The fourth-order valence-electron chi connectivity index (χ4n) is 4.94. The van der Waals surface area contributed by atoms with Gasteiger partial charge in [0.1, 0.15) is 0 Å². The maximum absolute atomic E-state index is 6.20. The highest BCUT2D eigenvalue weighted by Crippen LogP contribution is 2.28.